The average Bonchev–Trinajstić information content (AvgIpc) is 3.41. The zero-order chi connectivity index (χ0) is 20.9. The molecule has 1 aromatic carbocycles. The summed E-state index contributed by atoms with van der Waals surface area (Å²) in [7, 11) is 0. The van der Waals surface area contributed by atoms with E-state index in [9.17, 15) is 4.79 Å². The molecule has 0 spiro atoms. The Bertz CT molecular complexity index is 1100. The van der Waals surface area contributed by atoms with Gasteiger partial charge in [-0.3, -0.25) is 4.79 Å². The summed E-state index contributed by atoms with van der Waals surface area (Å²) in [4.78, 5) is 19.7. The molecule has 6 heteroatoms. The molecule has 1 amide bonds. The van der Waals surface area contributed by atoms with Gasteiger partial charge in [-0.15, -0.1) is 0 Å². The molecule has 1 fully saturated rings. The van der Waals surface area contributed by atoms with Crippen molar-refractivity contribution in [2.75, 3.05) is 13.1 Å². The third-order valence-electron chi connectivity index (χ3n) is 6.48. The van der Waals surface area contributed by atoms with E-state index in [4.69, 9.17) is 0 Å². The molecule has 2 aliphatic rings. The summed E-state index contributed by atoms with van der Waals surface area (Å²) in [6.07, 6.45) is 8.42. The molecule has 1 N–H and O–H groups in total. The molecule has 1 saturated heterocycles. The van der Waals surface area contributed by atoms with E-state index >= 15 is 0 Å². The molecule has 6 nitrogen and oxygen atoms in total. The van der Waals surface area contributed by atoms with Crippen LogP contribution in [0.3, 0.4) is 0 Å². The van der Waals surface area contributed by atoms with Gasteiger partial charge in [0.15, 0.2) is 5.65 Å². The van der Waals surface area contributed by atoms with Crippen molar-refractivity contribution >= 4 is 11.6 Å². The van der Waals surface area contributed by atoms with Gasteiger partial charge >= 0.3 is 0 Å². The van der Waals surface area contributed by atoms with Crippen molar-refractivity contribution in [2.24, 2.45) is 0 Å². The molecule has 0 saturated carbocycles. The van der Waals surface area contributed by atoms with Crippen LogP contribution in [0.1, 0.15) is 72.3 Å². The van der Waals surface area contributed by atoms with Crippen molar-refractivity contribution in [3.8, 4) is 0 Å². The smallest absolute Gasteiger partial charge is 0.259 e. The number of carbonyl (C=O) groups excluding carboxylic acids is 1. The van der Waals surface area contributed by atoms with Gasteiger partial charge in [0.05, 0.1) is 6.20 Å². The van der Waals surface area contributed by atoms with E-state index in [0.717, 1.165) is 25.9 Å². The lowest BCUT2D eigenvalue weighted by Gasteiger charge is -2.33. The average molecular weight is 404 g/mol. The third-order valence-corrected chi connectivity index (χ3v) is 6.48. The van der Waals surface area contributed by atoms with Gasteiger partial charge in [-0.1, -0.05) is 32.9 Å². The van der Waals surface area contributed by atoms with E-state index in [1.54, 1.807) is 16.9 Å². The molecule has 2 aliphatic heterocycles. The Morgan fingerprint density at radius 3 is 2.90 bits per heavy atom. The number of carbonyl (C=O) groups is 1. The summed E-state index contributed by atoms with van der Waals surface area (Å²) in [6, 6.07) is 6.95. The topological polar surface area (TPSA) is 62.5 Å². The van der Waals surface area contributed by atoms with Crippen LogP contribution in [0.15, 0.2) is 36.8 Å². The number of hydrogen-bond donors (Lipinski definition) is 1. The lowest BCUT2D eigenvalue weighted by molar-refractivity contribution is 0.0735. The van der Waals surface area contributed by atoms with Crippen LogP contribution >= 0.6 is 0 Å². The summed E-state index contributed by atoms with van der Waals surface area (Å²) in [5, 5.41) is 7.97. The zero-order valence-corrected chi connectivity index (χ0v) is 18.0. The molecule has 1 atom stereocenters. The van der Waals surface area contributed by atoms with Crippen LogP contribution in [0.2, 0.25) is 0 Å². The molecule has 0 aliphatic carbocycles. The second kappa shape index (κ2) is 7.20. The molecule has 4 heterocycles. The van der Waals surface area contributed by atoms with Gasteiger partial charge in [0.25, 0.3) is 5.91 Å². The molecule has 30 heavy (non-hydrogen) atoms. The minimum Gasteiger partial charge on any atom is -0.334 e. The van der Waals surface area contributed by atoms with Crippen molar-refractivity contribution in [3.63, 3.8) is 0 Å². The fraction of sp³-hybridized carbons (Fsp3) is 0.458. The number of nitrogens with zero attached hydrogens (tertiary/aromatic N) is 4. The monoisotopic (exact) mass is 403 g/mol. The van der Waals surface area contributed by atoms with Crippen LogP contribution < -0.4 is 5.32 Å². The maximum absolute atomic E-state index is 13.4. The van der Waals surface area contributed by atoms with Crippen molar-refractivity contribution in [3.05, 3.63) is 64.6 Å². The Labute approximate surface area is 177 Å². The second-order valence-corrected chi connectivity index (χ2v) is 9.52. The quantitative estimate of drug-likeness (QED) is 0.709. The summed E-state index contributed by atoms with van der Waals surface area (Å²) in [5.74, 6) is 0.0135. The SMILES string of the molecule is CC(C)(C)c1cc2c(c([C@@H]3CCCN3)c1)CN(C(=O)c1cnn3cccnc13)CC2. The number of rotatable bonds is 2. The Morgan fingerprint density at radius 2 is 2.13 bits per heavy atom. The first kappa shape index (κ1) is 19.2. The number of amides is 1. The molecular formula is C24H29N5O. The van der Waals surface area contributed by atoms with Crippen molar-refractivity contribution in [2.45, 2.75) is 58.0 Å². The molecule has 5 rings (SSSR count). The molecule has 2 aromatic heterocycles. The van der Waals surface area contributed by atoms with Gasteiger partial charge in [-0.2, -0.15) is 5.10 Å². The van der Waals surface area contributed by atoms with E-state index in [0.29, 0.717) is 23.8 Å². The van der Waals surface area contributed by atoms with Crippen LogP contribution in [0, 0.1) is 0 Å². The largest absolute Gasteiger partial charge is 0.334 e. The Balaban J connectivity index is 1.52. The van der Waals surface area contributed by atoms with Gasteiger partial charge in [0, 0.05) is 31.5 Å². The molecular weight excluding hydrogens is 374 g/mol. The fourth-order valence-electron chi connectivity index (χ4n) is 4.71. The summed E-state index contributed by atoms with van der Waals surface area (Å²) >= 11 is 0. The van der Waals surface area contributed by atoms with Gasteiger partial charge < -0.3 is 10.2 Å². The number of nitrogens with one attached hydrogen (secondary N) is 1. The third kappa shape index (κ3) is 3.29. The van der Waals surface area contributed by atoms with Crippen molar-refractivity contribution in [1.82, 2.24) is 24.8 Å². The van der Waals surface area contributed by atoms with Crippen LogP contribution in [0.25, 0.3) is 5.65 Å². The normalized spacial score (nSPS) is 19.3. The Kier molecular flexibility index (Phi) is 4.62. The van der Waals surface area contributed by atoms with Gasteiger partial charge in [0.2, 0.25) is 0 Å². The molecule has 0 unspecified atom stereocenters. The van der Waals surface area contributed by atoms with E-state index in [2.05, 4.69) is 48.3 Å². The van der Waals surface area contributed by atoms with Crippen LogP contribution in [0.5, 0.6) is 0 Å². The Hall–Kier alpha value is -2.73. The highest BCUT2D eigenvalue weighted by molar-refractivity contribution is 5.99. The highest BCUT2D eigenvalue weighted by Gasteiger charge is 2.30. The predicted octanol–water partition coefficient (Wildman–Crippen LogP) is 3.65. The highest BCUT2D eigenvalue weighted by Crippen LogP contribution is 2.36. The number of aromatic nitrogens is 3. The first-order valence-corrected chi connectivity index (χ1v) is 10.9. The number of benzene rings is 1. The van der Waals surface area contributed by atoms with E-state index in [1.165, 1.54) is 28.7 Å². The van der Waals surface area contributed by atoms with Gasteiger partial charge in [-0.05, 0) is 59.5 Å². The highest BCUT2D eigenvalue weighted by atomic mass is 16.2. The van der Waals surface area contributed by atoms with Crippen molar-refractivity contribution < 1.29 is 4.79 Å². The molecule has 156 valence electrons. The fourth-order valence-corrected chi connectivity index (χ4v) is 4.71. The zero-order valence-electron chi connectivity index (χ0n) is 18.0. The van der Waals surface area contributed by atoms with Crippen molar-refractivity contribution in [1.29, 1.82) is 0 Å². The minimum absolute atomic E-state index is 0.0135. The Morgan fingerprint density at radius 1 is 1.27 bits per heavy atom. The summed E-state index contributed by atoms with van der Waals surface area (Å²) < 4.78 is 1.66. The first-order valence-electron chi connectivity index (χ1n) is 10.9. The second-order valence-electron chi connectivity index (χ2n) is 9.52. The summed E-state index contributed by atoms with van der Waals surface area (Å²) in [6.45, 7) is 9.26. The van der Waals surface area contributed by atoms with E-state index in [1.807, 2.05) is 17.2 Å². The van der Waals surface area contributed by atoms with Crippen LogP contribution in [-0.2, 0) is 18.4 Å². The van der Waals surface area contributed by atoms with Gasteiger partial charge in [0.1, 0.15) is 5.56 Å². The first-order chi connectivity index (χ1) is 14.4. The van der Waals surface area contributed by atoms with Gasteiger partial charge in [-0.25, -0.2) is 9.50 Å². The number of fused-ring (bicyclic) bond motifs is 2. The maximum atomic E-state index is 13.4. The lowest BCUT2D eigenvalue weighted by Crippen LogP contribution is -2.37. The van der Waals surface area contributed by atoms with E-state index in [-0.39, 0.29) is 11.3 Å². The van der Waals surface area contributed by atoms with E-state index < -0.39 is 0 Å². The molecule has 3 aromatic rings. The summed E-state index contributed by atoms with van der Waals surface area (Å²) in [5.41, 5.74) is 6.79. The van der Waals surface area contributed by atoms with Crippen LogP contribution in [0.4, 0.5) is 0 Å². The minimum atomic E-state index is 0.0135. The maximum Gasteiger partial charge on any atom is 0.259 e. The lowest BCUT2D eigenvalue weighted by atomic mass is 9.80. The predicted molar refractivity (Wildman–Crippen MR) is 117 cm³/mol. The molecule has 0 bridgehead atoms. The molecule has 0 radical (unpaired) electrons. The number of hydrogen-bond acceptors (Lipinski definition) is 4. The standard InChI is InChI=1S/C24H29N5O/c1-24(2,3)17-12-16-7-11-28(15-20(16)18(13-17)21-6-4-8-25-21)23(30)19-14-27-29-10-5-9-26-22(19)29/h5,9-10,12-14,21,25H,4,6-8,11,15H2,1-3H3/t21-/m0/s1. The van der Waals surface area contributed by atoms with Crippen LogP contribution in [-0.4, -0.2) is 38.5 Å².